The van der Waals surface area contributed by atoms with Crippen molar-refractivity contribution in [2.45, 2.75) is 44.6 Å². The number of urea groups is 1. The Labute approximate surface area is 170 Å². The van der Waals surface area contributed by atoms with Crippen LogP contribution >= 0.6 is 0 Å². The first-order valence-electron chi connectivity index (χ1n) is 9.05. The summed E-state index contributed by atoms with van der Waals surface area (Å²) >= 11 is 0. The maximum atomic E-state index is 12.4. The standard InChI is InChI=1S/C18H27N3O7S/c1-5-6-9-19-18(24)20-16(22)11-28-17(23)13-7-8-14(27-4)15(10-13)29(25,26)21-12(2)3/h7-8,10,12,21H,5-6,9,11H2,1-4H3,(H2,19,20,22,24). The monoisotopic (exact) mass is 429 g/mol. The molecule has 0 bridgehead atoms. The lowest BCUT2D eigenvalue weighted by atomic mass is 10.2. The van der Waals surface area contributed by atoms with E-state index >= 15 is 0 Å². The number of ether oxygens (including phenoxy) is 2. The van der Waals surface area contributed by atoms with Crippen molar-refractivity contribution < 1.29 is 32.3 Å². The minimum Gasteiger partial charge on any atom is -0.495 e. The predicted molar refractivity (Wildman–Crippen MR) is 105 cm³/mol. The Morgan fingerprint density at radius 3 is 2.45 bits per heavy atom. The van der Waals surface area contributed by atoms with Crippen molar-refractivity contribution in [3.05, 3.63) is 23.8 Å². The first-order valence-corrected chi connectivity index (χ1v) is 10.5. The SMILES string of the molecule is CCCCNC(=O)NC(=O)COC(=O)c1ccc(OC)c(S(=O)(=O)NC(C)C)c1. The van der Waals surface area contributed by atoms with Crippen LogP contribution in [0.4, 0.5) is 4.79 Å². The Kier molecular flexibility index (Phi) is 9.56. The fourth-order valence-corrected chi connectivity index (χ4v) is 3.63. The Morgan fingerprint density at radius 1 is 1.17 bits per heavy atom. The van der Waals surface area contributed by atoms with E-state index in [4.69, 9.17) is 9.47 Å². The second-order valence-electron chi connectivity index (χ2n) is 6.38. The third-order valence-corrected chi connectivity index (χ3v) is 5.16. The summed E-state index contributed by atoms with van der Waals surface area (Å²) in [7, 11) is -2.63. The van der Waals surface area contributed by atoms with Crippen molar-refractivity contribution >= 4 is 27.9 Å². The molecule has 29 heavy (non-hydrogen) atoms. The van der Waals surface area contributed by atoms with Gasteiger partial charge < -0.3 is 14.8 Å². The van der Waals surface area contributed by atoms with Crippen molar-refractivity contribution in [2.24, 2.45) is 0 Å². The molecule has 0 radical (unpaired) electrons. The van der Waals surface area contributed by atoms with Crippen LogP contribution in [-0.2, 0) is 19.6 Å². The fourth-order valence-electron chi connectivity index (χ4n) is 2.19. The highest BCUT2D eigenvalue weighted by Crippen LogP contribution is 2.25. The molecule has 3 amide bonds. The summed E-state index contributed by atoms with van der Waals surface area (Å²) in [5, 5.41) is 4.52. The van der Waals surface area contributed by atoms with Gasteiger partial charge in [0.1, 0.15) is 10.6 Å². The normalized spacial score (nSPS) is 11.1. The first kappa shape index (κ1) is 24.4. The van der Waals surface area contributed by atoms with E-state index in [2.05, 4.69) is 10.0 Å². The molecule has 0 aliphatic carbocycles. The molecule has 162 valence electrons. The van der Waals surface area contributed by atoms with Gasteiger partial charge in [0.05, 0.1) is 12.7 Å². The molecule has 0 heterocycles. The second-order valence-corrected chi connectivity index (χ2v) is 8.06. The molecule has 0 aliphatic heterocycles. The van der Waals surface area contributed by atoms with Crippen molar-refractivity contribution in [3.63, 3.8) is 0 Å². The van der Waals surface area contributed by atoms with E-state index in [1.807, 2.05) is 12.2 Å². The lowest BCUT2D eigenvalue weighted by Gasteiger charge is -2.14. The van der Waals surface area contributed by atoms with Crippen LogP contribution in [0.3, 0.4) is 0 Å². The smallest absolute Gasteiger partial charge is 0.338 e. The highest BCUT2D eigenvalue weighted by molar-refractivity contribution is 7.89. The Balaban J connectivity index is 2.79. The van der Waals surface area contributed by atoms with Crippen LogP contribution in [0.25, 0.3) is 0 Å². The molecule has 0 aliphatic rings. The summed E-state index contributed by atoms with van der Waals surface area (Å²) in [4.78, 5) is 35.1. The molecule has 11 heteroatoms. The molecule has 0 atom stereocenters. The van der Waals surface area contributed by atoms with E-state index in [1.54, 1.807) is 13.8 Å². The number of hydrogen-bond acceptors (Lipinski definition) is 7. The molecule has 0 saturated carbocycles. The van der Waals surface area contributed by atoms with Crippen molar-refractivity contribution in [1.82, 2.24) is 15.4 Å². The Hall–Kier alpha value is -2.66. The minimum absolute atomic E-state index is 0.0520. The number of unbranched alkanes of at least 4 members (excludes halogenated alkanes) is 1. The zero-order valence-corrected chi connectivity index (χ0v) is 17.7. The van der Waals surface area contributed by atoms with Crippen LogP contribution in [0.5, 0.6) is 5.75 Å². The molecule has 0 spiro atoms. The van der Waals surface area contributed by atoms with Crippen LogP contribution in [-0.4, -0.2) is 52.6 Å². The molecular formula is C18H27N3O7S. The van der Waals surface area contributed by atoms with Gasteiger partial charge in [0.15, 0.2) is 6.61 Å². The van der Waals surface area contributed by atoms with Crippen LogP contribution in [0.2, 0.25) is 0 Å². The zero-order valence-electron chi connectivity index (χ0n) is 16.9. The largest absolute Gasteiger partial charge is 0.495 e. The molecule has 0 aromatic heterocycles. The number of nitrogens with one attached hydrogen (secondary N) is 3. The second kappa shape index (κ2) is 11.4. The topological polar surface area (TPSA) is 140 Å². The van der Waals surface area contributed by atoms with Gasteiger partial charge in [0.25, 0.3) is 5.91 Å². The third kappa shape index (κ3) is 8.08. The molecule has 10 nitrogen and oxygen atoms in total. The molecule has 0 unspecified atom stereocenters. The van der Waals surface area contributed by atoms with Crippen molar-refractivity contribution in [3.8, 4) is 5.75 Å². The number of carbonyl (C=O) groups is 3. The van der Waals surface area contributed by atoms with Gasteiger partial charge in [-0.15, -0.1) is 0 Å². The van der Waals surface area contributed by atoms with Gasteiger partial charge in [0, 0.05) is 12.6 Å². The van der Waals surface area contributed by atoms with E-state index < -0.39 is 34.5 Å². The van der Waals surface area contributed by atoms with Crippen LogP contribution in [0, 0.1) is 0 Å². The summed E-state index contributed by atoms with van der Waals surface area (Å²) in [6, 6.07) is 2.67. The number of esters is 1. The quantitative estimate of drug-likeness (QED) is 0.374. The number of hydrogen-bond donors (Lipinski definition) is 3. The molecule has 1 rings (SSSR count). The number of sulfonamides is 1. The van der Waals surface area contributed by atoms with Gasteiger partial charge in [-0.2, -0.15) is 0 Å². The van der Waals surface area contributed by atoms with Crippen molar-refractivity contribution in [1.29, 1.82) is 0 Å². The van der Waals surface area contributed by atoms with Gasteiger partial charge in [-0.25, -0.2) is 22.7 Å². The van der Waals surface area contributed by atoms with Gasteiger partial charge >= 0.3 is 12.0 Å². The van der Waals surface area contributed by atoms with Gasteiger partial charge in [-0.1, -0.05) is 13.3 Å². The first-order chi connectivity index (χ1) is 13.6. The lowest BCUT2D eigenvalue weighted by Crippen LogP contribution is -2.41. The average Bonchev–Trinajstić information content (AvgIpc) is 2.64. The number of amides is 3. The summed E-state index contributed by atoms with van der Waals surface area (Å²) in [6.45, 7) is 4.98. The zero-order chi connectivity index (χ0) is 22.0. The van der Waals surface area contributed by atoms with E-state index in [9.17, 15) is 22.8 Å². The van der Waals surface area contributed by atoms with E-state index in [0.29, 0.717) is 6.54 Å². The van der Waals surface area contributed by atoms with E-state index in [-0.39, 0.29) is 22.3 Å². The van der Waals surface area contributed by atoms with Crippen molar-refractivity contribution in [2.75, 3.05) is 20.3 Å². The molecule has 3 N–H and O–H groups in total. The third-order valence-electron chi connectivity index (χ3n) is 3.48. The van der Waals surface area contributed by atoms with Gasteiger partial charge in [-0.3, -0.25) is 10.1 Å². The summed E-state index contributed by atoms with van der Waals surface area (Å²) in [6.07, 6.45) is 1.66. The number of methoxy groups -OCH3 is 1. The number of carbonyl (C=O) groups excluding carboxylic acids is 3. The maximum absolute atomic E-state index is 12.4. The lowest BCUT2D eigenvalue weighted by molar-refractivity contribution is -0.123. The highest BCUT2D eigenvalue weighted by atomic mass is 32.2. The van der Waals surface area contributed by atoms with Crippen LogP contribution in [0.15, 0.2) is 23.1 Å². The predicted octanol–water partition coefficient (Wildman–Crippen LogP) is 1.16. The summed E-state index contributed by atoms with van der Waals surface area (Å²) in [5.41, 5.74) is -0.0878. The number of imide groups is 1. The highest BCUT2D eigenvalue weighted by Gasteiger charge is 2.23. The molecule has 0 saturated heterocycles. The molecular weight excluding hydrogens is 402 g/mol. The van der Waals surface area contributed by atoms with Gasteiger partial charge in [0.2, 0.25) is 10.0 Å². The molecule has 0 fully saturated rings. The Morgan fingerprint density at radius 2 is 1.86 bits per heavy atom. The minimum atomic E-state index is -3.93. The summed E-state index contributed by atoms with van der Waals surface area (Å²) in [5.74, 6) is -1.68. The number of rotatable bonds is 10. The van der Waals surface area contributed by atoms with Crippen LogP contribution in [0.1, 0.15) is 44.0 Å². The van der Waals surface area contributed by atoms with Crippen LogP contribution < -0.4 is 20.1 Å². The number of benzene rings is 1. The molecule has 1 aromatic rings. The fraction of sp³-hybridized carbons (Fsp3) is 0.500. The summed E-state index contributed by atoms with van der Waals surface area (Å²) < 4.78 is 37.2. The average molecular weight is 429 g/mol. The van der Waals surface area contributed by atoms with E-state index in [0.717, 1.165) is 18.9 Å². The molecule has 1 aromatic carbocycles. The maximum Gasteiger partial charge on any atom is 0.338 e. The van der Waals surface area contributed by atoms with E-state index in [1.165, 1.54) is 19.2 Å². The Bertz CT molecular complexity index is 838. The van der Waals surface area contributed by atoms with Gasteiger partial charge in [-0.05, 0) is 38.5 Å².